The molecule has 0 aliphatic carbocycles. The minimum absolute atomic E-state index is 0. The predicted octanol–water partition coefficient (Wildman–Crippen LogP) is -0.513. The number of carbonyl (C=O) groups is 1. The van der Waals surface area contributed by atoms with E-state index in [0.29, 0.717) is 0 Å². The lowest BCUT2D eigenvalue weighted by Crippen LogP contribution is -1.84. The molecular weight excluding hydrogens is 101 g/mol. The molecule has 3 radical (unpaired) electrons. The quantitative estimate of drug-likeness (QED) is 0.323. The summed E-state index contributed by atoms with van der Waals surface area (Å²) in [4.78, 5) is 9.71. The maximum Gasteiger partial charge on any atom is 0.348 e. The Morgan fingerprint density at radius 2 is 2.00 bits per heavy atom. The molecule has 0 fully saturated rings. The zero-order valence-corrected chi connectivity index (χ0v) is 6.44. The molecule has 0 aliphatic heterocycles. The summed E-state index contributed by atoms with van der Waals surface area (Å²) in [5.74, 6) is 0. The van der Waals surface area contributed by atoms with Crippen LogP contribution in [0.25, 0.3) is 0 Å². The molecule has 0 bridgehead atoms. The summed E-state index contributed by atoms with van der Waals surface area (Å²) in [6.45, 7) is 3.22. The molecule has 0 spiro atoms. The Morgan fingerprint density at radius 3 is 2.00 bits per heavy atom. The highest BCUT2D eigenvalue weighted by molar-refractivity contribution is 6.60. The van der Waals surface area contributed by atoms with Crippen LogP contribution >= 0.6 is 0 Å². The van der Waals surface area contributed by atoms with E-state index in [-0.39, 0.29) is 27.0 Å². The van der Waals surface area contributed by atoms with Crippen LogP contribution in [0.3, 0.4) is 0 Å². The summed E-state index contributed by atoms with van der Waals surface area (Å²) in [5.41, 5.74) is 0. The van der Waals surface area contributed by atoms with Crippen molar-refractivity contribution >= 4 is 48.7 Å². The van der Waals surface area contributed by atoms with Gasteiger partial charge >= 0.3 is 21.7 Å². The van der Waals surface area contributed by atoms with E-state index in [0.717, 1.165) is 0 Å². The SMILES string of the molecule is C=C[C](=O)[Mg].[Mg]. The lowest BCUT2D eigenvalue weighted by molar-refractivity contribution is -0.107. The van der Waals surface area contributed by atoms with E-state index >= 15 is 0 Å². The second kappa shape index (κ2) is 5.94. The van der Waals surface area contributed by atoms with Crippen molar-refractivity contribution in [2.75, 3.05) is 0 Å². The Hall–Kier alpha value is 0.942. The van der Waals surface area contributed by atoms with Crippen molar-refractivity contribution in [2.24, 2.45) is 0 Å². The number of rotatable bonds is 1. The van der Waals surface area contributed by atoms with Gasteiger partial charge in [-0.15, -0.1) is 0 Å². The van der Waals surface area contributed by atoms with Crippen molar-refractivity contribution in [3.8, 4) is 0 Å². The standard InChI is InChI=1S/C3H3O.2Mg/c1-2-3-4;;/h2H,1H2;;. The van der Waals surface area contributed by atoms with E-state index in [1.807, 2.05) is 0 Å². The van der Waals surface area contributed by atoms with E-state index in [9.17, 15) is 4.79 Å². The van der Waals surface area contributed by atoms with Crippen LogP contribution in [0.1, 0.15) is 0 Å². The Labute approximate surface area is 65.8 Å². The monoisotopic (exact) mass is 103 g/mol. The molecular formula is C3H3Mg2O. The highest BCUT2D eigenvalue weighted by atomic mass is 24.4. The maximum atomic E-state index is 9.71. The number of hydrogen-bond acceptors (Lipinski definition) is 1. The van der Waals surface area contributed by atoms with Crippen molar-refractivity contribution in [3.63, 3.8) is 0 Å². The molecule has 0 unspecified atom stereocenters. The van der Waals surface area contributed by atoms with Gasteiger partial charge < -0.3 is 4.79 Å². The molecule has 0 amide bonds. The van der Waals surface area contributed by atoms with Crippen molar-refractivity contribution in [1.29, 1.82) is 0 Å². The predicted molar refractivity (Wildman–Crippen MR) is 26.7 cm³/mol. The lowest BCUT2D eigenvalue weighted by Gasteiger charge is -1.67. The topological polar surface area (TPSA) is 17.1 Å². The molecule has 0 N–H and O–H groups in total. The van der Waals surface area contributed by atoms with Gasteiger partial charge in [0.25, 0.3) is 0 Å². The zero-order valence-electron chi connectivity index (χ0n) is 3.61. The fraction of sp³-hybridized carbons (Fsp3) is 0. The summed E-state index contributed by atoms with van der Waals surface area (Å²) < 4.78 is 0.0463. The average Bonchev–Trinajstić information content (AvgIpc) is 1.38. The molecule has 1 nitrogen and oxygen atoms in total. The lowest BCUT2D eigenvalue weighted by atomic mass is 10.7. The molecule has 0 aromatic heterocycles. The Morgan fingerprint density at radius 1 is 1.83 bits per heavy atom. The van der Waals surface area contributed by atoms with Crippen molar-refractivity contribution < 1.29 is 4.79 Å². The Kier molecular flexibility index (Phi) is 9.94. The number of hydrogen-bond donors (Lipinski definition) is 0. The Balaban J connectivity index is 0. The minimum atomic E-state index is 0. The third-order valence-corrected chi connectivity index (χ3v) is 0.516. The summed E-state index contributed by atoms with van der Waals surface area (Å²) in [6.07, 6.45) is 1.29. The van der Waals surface area contributed by atoms with E-state index in [1.165, 1.54) is 27.8 Å². The summed E-state index contributed by atoms with van der Waals surface area (Å²) in [5, 5.41) is 0. The van der Waals surface area contributed by atoms with Crippen molar-refractivity contribution in [1.82, 2.24) is 0 Å². The molecule has 0 aromatic rings. The molecule has 6 heavy (non-hydrogen) atoms. The third-order valence-electron chi connectivity index (χ3n) is 0.228. The molecule has 0 heterocycles. The molecule has 0 aliphatic rings. The summed E-state index contributed by atoms with van der Waals surface area (Å²) in [7, 11) is 0. The third kappa shape index (κ3) is 8.87. The molecule has 3 heteroatoms. The first kappa shape index (κ1) is 10.0. The van der Waals surface area contributed by atoms with Crippen LogP contribution in [0.2, 0.25) is 0 Å². The highest BCUT2D eigenvalue weighted by Gasteiger charge is 1.67. The average molecular weight is 104 g/mol. The van der Waals surface area contributed by atoms with Crippen LogP contribution < -0.4 is 0 Å². The minimum Gasteiger partial charge on any atom is -0.335 e. The largest absolute Gasteiger partial charge is 0.348 e. The van der Waals surface area contributed by atoms with Crippen molar-refractivity contribution in [3.05, 3.63) is 12.7 Å². The van der Waals surface area contributed by atoms with Gasteiger partial charge in [-0.1, -0.05) is 12.7 Å². The maximum absolute atomic E-state index is 9.71. The Bertz CT molecular complexity index is 59.8. The van der Waals surface area contributed by atoms with Gasteiger partial charge in [-0.3, -0.25) is 0 Å². The van der Waals surface area contributed by atoms with Crippen LogP contribution in [0.4, 0.5) is 0 Å². The van der Waals surface area contributed by atoms with Gasteiger partial charge in [0.1, 0.15) is 0 Å². The summed E-state index contributed by atoms with van der Waals surface area (Å²) >= 11 is 1.29. The number of allylic oxidation sites excluding steroid dienone is 1. The smallest absolute Gasteiger partial charge is 0.335 e. The van der Waals surface area contributed by atoms with E-state index in [1.54, 1.807) is 0 Å². The van der Waals surface area contributed by atoms with Crippen LogP contribution in [-0.4, -0.2) is 48.7 Å². The van der Waals surface area contributed by atoms with Gasteiger partial charge in [-0.2, -0.15) is 0 Å². The first-order chi connectivity index (χ1) is 2.27. The molecule has 0 saturated heterocycles. The second-order valence-electron chi connectivity index (χ2n) is 0.670. The van der Waals surface area contributed by atoms with E-state index in [2.05, 4.69) is 6.58 Å². The molecule has 0 rings (SSSR count). The first-order valence-corrected chi connectivity index (χ1v) is 1.96. The van der Waals surface area contributed by atoms with Gasteiger partial charge in [0, 0.05) is 23.1 Å². The fourth-order valence-electron chi connectivity index (χ4n) is 0. The van der Waals surface area contributed by atoms with Crippen LogP contribution in [0.15, 0.2) is 12.7 Å². The van der Waals surface area contributed by atoms with E-state index < -0.39 is 0 Å². The fourth-order valence-corrected chi connectivity index (χ4v) is 0. The first-order valence-electron chi connectivity index (χ1n) is 1.25. The van der Waals surface area contributed by atoms with Gasteiger partial charge in [-0.05, 0) is 3.91 Å². The van der Waals surface area contributed by atoms with Gasteiger partial charge in [0.05, 0.1) is 0 Å². The molecule has 0 saturated carbocycles. The molecule has 0 aromatic carbocycles. The zero-order chi connectivity index (χ0) is 4.28. The van der Waals surface area contributed by atoms with E-state index in [4.69, 9.17) is 0 Å². The summed E-state index contributed by atoms with van der Waals surface area (Å²) in [6, 6.07) is 0. The molecule has 0 atom stereocenters. The van der Waals surface area contributed by atoms with Gasteiger partial charge in [0.15, 0.2) is 0 Å². The second-order valence-corrected chi connectivity index (χ2v) is 1.37. The van der Waals surface area contributed by atoms with Crippen molar-refractivity contribution in [2.45, 2.75) is 0 Å². The highest BCUT2D eigenvalue weighted by Crippen LogP contribution is 1.53. The molecule has 25 valence electrons. The van der Waals surface area contributed by atoms with Crippen LogP contribution in [0.5, 0.6) is 0 Å². The van der Waals surface area contributed by atoms with Gasteiger partial charge in [-0.25, -0.2) is 0 Å². The van der Waals surface area contributed by atoms with Gasteiger partial charge in [0.2, 0.25) is 0 Å². The van der Waals surface area contributed by atoms with Crippen LogP contribution in [0, 0.1) is 0 Å². The normalized spacial score (nSPS) is 5.17. The number of carbonyl (C=O) groups excluding carboxylic acids is 1. The van der Waals surface area contributed by atoms with Crippen LogP contribution in [-0.2, 0) is 4.79 Å².